The molecule has 5 nitrogen and oxygen atoms in total. The van der Waals surface area contributed by atoms with Crippen LogP contribution in [-0.2, 0) is 14.8 Å². The van der Waals surface area contributed by atoms with Gasteiger partial charge in [0.15, 0.2) is 0 Å². The molecule has 4 rings (SSSR count). The number of hydrogen-bond acceptors (Lipinski definition) is 3. The van der Waals surface area contributed by atoms with Crippen molar-refractivity contribution in [1.29, 1.82) is 0 Å². The van der Waals surface area contributed by atoms with Crippen molar-refractivity contribution in [3.8, 4) is 0 Å². The summed E-state index contributed by atoms with van der Waals surface area (Å²) in [5, 5.41) is 4.94. The minimum Gasteiger partial charge on any atom is -0.323 e. The van der Waals surface area contributed by atoms with Crippen LogP contribution in [-0.4, -0.2) is 21.4 Å². The lowest BCUT2D eigenvalue weighted by Crippen LogP contribution is -2.26. The number of benzene rings is 4. The van der Waals surface area contributed by atoms with Gasteiger partial charge in [0.2, 0.25) is 5.91 Å². The van der Waals surface area contributed by atoms with Crippen LogP contribution in [0.5, 0.6) is 0 Å². The Morgan fingerprint density at radius 2 is 1.47 bits per heavy atom. The molecular formula is C26H22N2O3S. The van der Waals surface area contributed by atoms with Crippen LogP contribution in [0.4, 0.5) is 11.4 Å². The minimum atomic E-state index is -3.70. The minimum absolute atomic E-state index is 0.146. The summed E-state index contributed by atoms with van der Waals surface area (Å²) in [6.45, 7) is 0. The summed E-state index contributed by atoms with van der Waals surface area (Å²) in [7, 11) is -2.19. The van der Waals surface area contributed by atoms with Crippen molar-refractivity contribution in [2.24, 2.45) is 0 Å². The Bertz CT molecular complexity index is 1370. The molecule has 0 saturated carbocycles. The third-order valence-electron chi connectivity index (χ3n) is 5.14. The lowest BCUT2D eigenvalue weighted by atomic mass is 10.0. The Kier molecular flexibility index (Phi) is 6.05. The van der Waals surface area contributed by atoms with Crippen molar-refractivity contribution in [2.75, 3.05) is 16.7 Å². The van der Waals surface area contributed by atoms with Gasteiger partial charge < -0.3 is 5.32 Å². The zero-order valence-corrected chi connectivity index (χ0v) is 18.3. The zero-order chi connectivity index (χ0) is 22.6. The van der Waals surface area contributed by atoms with Gasteiger partial charge in [0.25, 0.3) is 10.0 Å². The number of fused-ring (bicyclic) bond motifs is 1. The van der Waals surface area contributed by atoms with Crippen LogP contribution in [0.1, 0.15) is 5.56 Å². The van der Waals surface area contributed by atoms with Gasteiger partial charge in [-0.05, 0) is 58.8 Å². The lowest BCUT2D eigenvalue weighted by molar-refractivity contribution is -0.111. The topological polar surface area (TPSA) is 66.5 Å². The Morgan fingerprint density at radius 1 is 0.812 bits per heavy atom. The van der Waals surface area contributed by atoms with Gasteiger partial charge in [-0.15, -0.1) is 0 Å². The van der Waals surface area contributed by atoms with E-state index < -0.39 is 10.0 Å². The number of carbonyl (C=O) groups excluding carboxylic acids is 1. The van der Waals surface area contributed by atoms with E-state index in [4.69, 9.17) is 0 Å². The van der Waals surface area contributed by atoms with Crippen LogP contribution in [0.15, 0.2) is 108 Å². The molecule has 1 N–H and O–H groups in total. The van der Waals surface area contributed by atoms with Crippen molar-refractivity contribution in [2.45, 2.75) is 4.90 Å². The molecule has 1 amide bonds. The van der Waals surface area contributed by atoms with E-state index in [9.17, 15) is 13.2 Å². The highest BCUT2D eigenvalue weighted by Gasteiger charge is 2.21. The quantitative estimate of drug-likeness (QED) is 0.411. The zero-order valence-electron chi connectivity index (χ0n) is 17.5. The molecule has 0 bridgehead atoms. The SMILES string of the molecule is CN(c1ccccc1)S(=O)(=O)c1ccc(NC(=O)/C=C\c2cccc3ccccc23)cc1. The first-order valence-corrected chi connectivity index (χ1v) is 11.5. The predicted octanol–water partition coefficient (Wildman–Crippen LogP) is 5.32. The molecule has 160 valence electrons. The van der Waals surface area contributed by atoms with E-state index in [1.807, 2.05) is 48.5 Å². The molecule has 32 heavy (non-hydrogen) atoms. The molecule has 0 aromatic heterocycles. The number of nitrogens with zero attached hydrogens (tertiary/aromatic N) is 1. The second-order valence-electron chi connectivity index (χ2n) is 7.22. The second kappa shape index (κ2) is 9.08. The fourth-order valence-corrected chi connectivity index (χ4v) is 4.59. The molecule has 0 heterocycles. The number of para-hydroxylation sites is 1. The smallest absolute Gasteiger partial charge is 0.264 e. The highest BCUT2D eigenvalue weighted by Crippen LogP contribution is 2.23. The Morgan fingerprint density at radius 3 is 2.22 bits per heavy atom. The average Bonchev–Trinajstić information content (AvgIpc) is 2.83. The number of nitrogens with one attached hydrogen (secondary N) is 1. The molecule has 0 aliphatic rings. The van der Waals surface area contributed by atoms with Gasteiger partial charge in [0.05, 0.1) is 10.6 Å². The highest BCUT2D eigenvalue weighted by molar-refractivity contribution is 7.92. The molecule has 0 atom stereocenters. The van der Waals surface area contributed by atoms with Gasteiger partial charge in [-0.1, -0.05) is 60.7 Å². The summed E-state index contributed by atoms with van der Waals surface area (Å²) in [5.41, 5.74) is 2.03. The Labute approximate surface area is 187 Å². The maximum Gasteiger partial charge on any atom is 0.264 e. The highest BCUT2D eigenvalue weighted by atomic mass is 32.2. The Hall–Kier alpha value is -3.90. The number of rotatable bonds is 6. The van der Waals surface area contributed by atoms with Crippen LogP contribution < -0.4 is 9.62 Å². The monoisotopic (exact) mass is 442 g/mol. The first-order valence-electron chi connectivity index (χ1n) is 10.1. The fraction of sp³-hybridized carbons (Fsp3) is 0.0385. The number of hydrogen-bond donors (Lipinski definition) is 1. The van der Waals surface area contributed by atoms with Gasteiger partial charge in [-0.3, -0.25) is 9.10 Å². The fourth-order valence-electron chi connectivity index (χ4n) is 3.39. The van der Waals surface area contributed by atoms with Gasteiger partial charge in [0.1, 0.15) is 0 Å². The first kappa shape index (κ1) is 21.3. The summed E-state index contributed by atoms with van der Waals surface area (Å²) in [5.74, 6) is -0.296. The number of sulfonamides is 1. The van der Waals surface area contributed by atoms with Crippen LogP contribution in [0.2, 0.25) is 0 Å². The average molecular weight is 443 g/mol. The largest absolute Gasteiger partial charge is 0.323 e. The van der Waals surface area contributed by atoms with Crippen LogP contribution in [0, 0.1) is 0 Å². The molecule has 6 heteroatoms. The Balaban J connectivity index is 1.46. The summed E-state index contributed by atoms with van der Waals surface area (Å²) >= 11 is 0. The third kappa shape index (κ3) is 4.55. The van der Waals surface area contributed by atoms with E-state index in [-0.39, 0.29) is 10.8 Å². The maximum atomic E-state index is 12.9. The maximum absolute atomic E-state index is 12.9. The summed E-state index contributed by atoms with van der Waals surface area (Å²) < 4.78 is 26.9. The van der Waals surface area contributed by atoms with E-state index in [0.29, 0.717) is 11.4 Å². The number of amides is 1. The van der Waals surface area contributed by atoms with E-state index in [1.54, 1.807) is 42.5 Å². The lowest BCUT2D eigenvalue weighted by Gasteiger charge is -2.19. The van der Waals surface area contributed by atoms with E-state index >= 15 is 0 Å². The predicted molar refractivity (Wildman–Crippen MR) is 130 cm³/mol. The third-order valence-corrected chi connectivity index (χ3v) is 6.94. The molecular weight excluding hydrogens is 420 g/mol. The van der Waals surface area contributed by atoms with Gasteiger partial charge >= 0.3 is 0 Å². The van der Waals surface area contributed by atoms with Crippen molar-refractivity contribution in [3.63, 3.8) is 0 Å². The molecule has 4 aromatic rings. The number of carbonyl (C=O) groups is 1. The van der Waals surface area contributed by atoms with Crippen molar-refractivity contribution >= 4 is 44.2 Å². The van der Waals surface area contributed by atoms with Crippen molar-refractivity contribution in [1.82, 2.24) is 0 Å². The summed E-state index contributed by atoms with van der Waals surface area (Å²) in [6.07, 6.45) is 3.24. The second-order valence-corrected chi connectivity index (χ2v) is 9.19. The van der Waals surface area contributed by atoms with Gasteiger partial charge in [0, 0.05) is 18.8 Å². The van der Waals surface area contributed by atoms with E-state index in [1.165, 1.54) is 29.6 Å². The van der Waals surface area contributed by atoms with Crippen molar-refractivity contribution < 1.29 is 13.2 Å². The van der Waals surface area contributed by atoms with Crippen molar-refractivity contribution in [3.05, 3.63) is 109 Å². The molecule has 0 spiro atoms. The molecule has 4 aromatic carbocycles. The molecule has 0 aliphatic heterocycles. The van der Waals surface area contributed by atoms with Crippen LogP contribution >= 0.6 is 0 Å². The number of anilines is 2. The summed E-state index contributed by atoms with van der Waals surface area (Å²) in [6, 6.07) is 28.9. The van der Waals surface area contributed by atoms with Crippen LogP contribution in [0.3, 0.4) is 0 Å². The van der Waals surface area contributed by atoms with Gasteiger partial charge in [-0.25, -0.2) is 8.42 Å². The summed E-state index contributed by atoms with van der Waals surface area (Å²) in [4.78, 5) is 12.5. The molecule has 0 fully saturated rings. The van der Waals surface area contributed by atoms with E-state index in [2.05, 4.69) is 5.32 Å². The normalized spacial score (nSPS) is 11.5. The van der Waals surface area contributed by atoms with E-state index in [0.717, 1.165) is 16.3 Å². The standard InChI is InChI=1S/C26H22N2O3S/c1-28(23-11-3-2-4-12-23)32(30,31)24-17-15-22(16-18-24)27-26(29)19-14-21-10-7-9-20-8-5-6-13-25(20)21/h2-19H,1H3,(H,27,29)/b19-14-. The molecule has 0 radical (unpaired) electrons. The molecule has 0 saturated heterocycles. The molecule has 0 unspecified atom stereocenters. The first-order chi connectivity index (χ1) is 15.4. The van der Waals surface area contributed by atoms with Gasteiger partial charge in [-0.2, -0.15) is 0 Å². The van der Waals surface area contributed by atoms with Crippen LogP contribution in [0.25, 0.3) is 16.8 Å². The molecule has 0 aliphatic carbocycles.